The third kappa shape index (κ3) is 2.08. The molecule has 2 aromatic carbocycles. The fourth-order valence-corrected chi connectivity index (χ4v) is 4.44. The standard InChI is InChI=1S/C17H18O2P2/c1-8-3-11-10-7-15(18-16(11)13(20)5-8)19-17-12(10)4-9(2)6-14(17)21/h3-6,10,15H,7,20-21H2,1-2H3. The number of benzene rings is 2. The summed E-state index contributed by atoms with van der Waals surface area (Å²) in [6.45, 7) is 4.27. The molecule has 0 aliphatic carbocycles. The highest BCUT2D eigenvalue weighted by molar-refractivity contribution is 7.28. The van der Waals surface area contributed by atoms with Crippen molar-refractivity contribution in [3.63, 3.8) is 0 Å². The van der Waals surface area contributed by atoms with E-state index in [4.69, 9.17) is 9.47 Å². The number of rotatable bonds is 0. The lowest BCUT2D eigenvalue weighted by atomic mass is 9.83. The van der Waals surface area contributed by atoms with Crippen molar-refractivity contribution in [1.82, 2.24) is 0 Å². The van der Waals surface area contributed by atoms with Crippen LogP contribution in [0.2, 0.25) is 0 Å². The van der Waals surface area contributed by atoms with Gasteiger partial charge in [0, 0.05) is 34.1 Å². The maximum absolute atomic E-state index is 6.08. The molecule has 2 unspecified atom stereocenters. The SMILES string of the molecule is Cc1cc(P)c2c(c1)C1CC(O2)Oc2c(P)cc(C)cc21. The van der Waals surface area contributed by atoms with E-state index in [1.54, 1.807) is 0 Å². The minimum absolute atomic E-state index is 0.181. The van der Waals surface area contributed by atoms with Gasteiger partial charge in [-0.15, -0.1) is 18.5 Å². The molecule has 4 rings (SSSR count). The Morgan fingerprint density at radius 1 is 0.857 bits per heavy atom. The lowest BCUT2D eigenvalue weighted by Crippen LogP contribution is -2.38. The van der Waals surface area contributed by atoms with Crippen molar-refractivity contribution in [2.24, 2.45) is 0 Å². The normalized spacial score (nSPS) is 21.9. The van der Waals surface area contributed by atoms with Gasteiger partial charge in [-0.3, -0.25) is 0 Å². The van der Waals surface area contributed by atoms with E-state index in [0.29, 0.717) is 5.92 Å². The van der Waals surface area contributed by atoms with Gasteiger partial charge in [0.25, 0.3) is 0 Å². The van der Waals surface area contributed by atoms with Crippen LogP contribution in [0.25, 0.3) is 0 Å². The Morgan fingerprint density at radius 2 is 1.33 bits per heavy atom. The van der Waals surface area contributed by atoms with Crippen LogP contribution in [0.3, 0.4) is 0 Å². The van der Waals surface area contributed by atoms with E-state index in [-0.39, 0.29) is 6.29 Å². The van der Waals surface area contributed by atoms with Gasteiger partial charge < -0.3 is 9.47 Å². The molecule has 2 aromatic rings. The highest BCUT2D eigenvalue weighted by Gasteiger charge is 2.38. The van der Waals surface area contributed by atoms with Crippen LogP contribution < -0.4 is 20.1 Å². The first-order valence-electron chi connectivity index (χ1n) is 7.16. The zero-order valence-electron chi connectivity index (χ0n) is 12.1. The van der Waals surface area contributed by atoms with Gasteiger partial charge in [0.05, 0.1) is 0 Å². The summed E-state index contributed by atoms with van der Waals surface area (Å²) in [6, 6.07) is 8.79. The third-order valence-electron chi connectivity index (χ3n) is 4.26. The van der Waals surface area contributed by atoms with Crippen molar-refractivity contribution in [3.05, 3.63) is 46.5 Å². The Morgan fingerprint density at radius 3 is 1.81 bits per heavy atom. The van der Waals surface area contributed by atoms with E-state index in [1.807, 2.05) is 0 Å². The summed E-state index contributed by atoms with van der Waals surface area (Å²) in [7, 11) is 5.57. The van der Waals surface area contributed by atoms with Crippen LogP contribution in [-0.2, 0) is 0 Å². The van der Waals surface area contributed by atoms with E-state index >= 15 is 0 Å². The van der Waals surface area contributed by atoms with Crippen LogP contribution >= 0.6 is 18.5 Å². The molecular formula is C17H18O2P2. The molecule has 2 nitrogen and oxygen atoms in total. The summed E-state index contributed by atoms with van der Waals surface area (Å²) in [5.41, 5.74) is 5.12. The van der Waals surface area contributed by atoms with Gasteiger partial charge in [-0.1, -0.05) is 12.1 Å². The lowest BCUT2D eigenvalue weighted by Gasteiger charge is -2.39. The van der Waals surface area contributed by atoms with Crippen molar-refractivity contribution in [2.75, 3.05) is 0 Å². The lowest BCUT2D eigenvalue weighted by molar-refractivity contribution is -0.0247. The molecule has 0 aromatic heterocycles. The largest absolute Gasteiger partial charge is 0.454 e. The van der Waals surface area contributed by atoms with Gasteiger partial charge in [-0.25, -0.2) is 0 Å². The summed E-state index contributed by atoms with van der Waals surface area (Å²) >= 11 is 0. The average molecular weight is 316 g/mol. The fourth-order valence-electron chi connectivity index (χ4n) is 3.45. The van der Waals surface area contributed by atoms with Gasteiger partial charge in [0.2, 0.25) is 6.29 Å². The minimum atomic E-state index is -0.181. The molecule has 4 heteroatoms. The van der Waals surface area contributed by atoms with E-state index in [0.717, 1.165) is 28.5 Å². The van der Waals surface area contributed by atoms with Crippen LogP contribution in [0.5, 0.6) is 11.5 Å². The van der Waals surface area contributed by atoms with E-state index in [9.17, 15) is 0 Å². The van der Waals surface area contributed by atoms with Crippen molar-refractivity contribution >= 4 is 29.1 Å². The second-order valence-electron chi connectivity index (χ2n) is 6.00. The summed E-state index contributed by atoms with van der Waals surface area (Å²) in [6.07, 6.45) is 0.709. The molecular weight excluding hydrogens is 298 g/mol. The first kappa shape index (κ1) is 13.6. The summed E-state index contributed by atoms with van der Waals surface area (Å²) in [4.78, 5) is 0. The Hall–Kier alpha value is -1.10. The summed E-state index contributed by atoms with van der Waals surface area (Å²) < 4.78 is 12.2. The molecule has 0 spiro atoms. The van der Waals surface area contributed by atoms with Crippen LogP contribution in [-0.4, -0.2) is 6.29 Å². The molecule has 0 fully saturated rings. The van der Waals surface area contributed by atoms with Gasteiger partial charge in [0.1, 0.15) is 11.5 Å². The Balaban J connectivity index is 1.97. The number of hydrogen-bond acceptors (Lipinski definition) is 2. The zero-order chi connectivity index (χ0) is 14.7. The molecule has 2 atom stereocenters. The molecule has 2 aliphatic heterocycles. The zero-order valence-corrected chi connectivity index (χ0v) is 14.5. The highest BCUT2D eigenvalue weighted by atomic mass is 31.0. The number of hydrogen-bond donors (Lipinski definition) is 0. The molecule has 0 N–H and O–H groups in total. The molecule has 0 amide bonds. The van der Waals surface area contributed by atoms with Crippen molar-refractivity contribution < 1.29 is 9.47 Å². The van der Waals surface area contributed by atoms with Crippen molar-refractivity contribution in [1.29, 1.82) is 0 Å². The molecule has 108 valence electrons. The molecule has 0 radical (unpaired) electrons. The van der Waals surface area contributed by atoms with Crippen molar-refractivity contribution in [2.45, 2.75) is 32.5 Å². The monoisotopic (exact) mass is 316 g/mol. The van der Waals surface area contributed by atoms with Gasteiger partial charge in [0.15, 0.2) is 0 Å². The molecule has 0 saturated heterocycles. The summed E-state index contributed by atoms with van der Waals surface area (Å²) in [5, 5.41) is 2.23. The average Bonchev–Trinajstić information content (AvgIpc) is 2.41. The van der Waals surface area contributed by atoms with Crippen molar-refractivity contribution in [3.8, 4) is 11.5 Å². The molecule has 2 bridgehead atoms. The third-order valence-corrected chi connectivity index (χ3v) is 5.12. The Labute approximate surface area is 129 Å². The second-order valence-corrected chi connectivity index (χ2v) is 7.24. The van der Waals surface area contributed by atoms with Gasteiger partial charge >= 0.3 is 0 Å². The molecule has 0 saturated carbocycles. The predicted octanol–water partition coefficient (Wildman–Crippen LogP) is 2.94. The highest BCUT2D eigenvalue weighted by Crippen LogP contribution is 2.47. The number of fused-ring (bicyclic) bond motifs is 6. The smallest absolute Gasteiger partial charge is 0.242 e. The Bertz CT molecular complexity index is 693. The molecule has 21 heavy (non-hydrogen) atoms. The van der Waals surface area contributed by atoms with Crippen LogP contribution in [0.1, 0.15) is 34.6 Å². The first-order valence-corrected chi connectivity index (χ1v) is 8.31. The second kappa shape index (κ2) is 4.70. The van der Waals surface area contributed by atoms with Gasteiger partial charge in [-0.05, 0) is 37.1 Å². The topological polar surface area (TPSA) is 18.5 Å². The van der Waals surface area contributed by atoms with E-state index < -0.39 is 0 Å². The maximum atomic E-state index is 6.08. The molecule has 2 heterocycles. The quantitative estimate of drug-likeness (QED) is 0.696. The van der Waals surface area contributed by atoms with Gasteiger partial charge in [-0.2, -0.15) is 0 Å². The first-order chi connectivity index (χ1) is 10.0. The van der Waals surface area contributed by atoms with Crippen LogP contribution in [0, 0.1) is 13.8 Å². The summed E-state index contributed by atoms with van der Waals surface area (Å²) in [5.74, 6) is 2.31. The van der Waals surface area contributed by atoms with Crippen LogP contribution in [0.15, 0.2) is 24.3 Å². The number of ether oxygens (including phenoxy) is 2. The van der Waals surface area contributed by atoms with E-state index in [1.165, 1.54) is 22.3 Å². The Kier molecular flexibility index (Phi) is 3.03. The van der Waals surface area contributed by atoms with E-state index in [2.05, 4.69) is 56.6 Å². The fraction of sp³-hybridized carbons (Fsp3) is 0.294. The maximum Gasteiger partial charge on any atom is 0.242 e. The van der Waals surface area contributed by atoms with Crippen LogP contribution in [0.4, 0.5) is 0 Å². The minimum Gasteiger partial charge on any atom is -0.454 e. The predicted molar refractivity (Wildman–Crippen MR) is 92.6 cm³/mol. The number of aryl methyl sites for hydroxylation is 2. The molecule has 2 aliphatic rings.